The Morgan fingerprint density at radius 3 is 2.67 bits per heavy atom. The van der Waals surface area contributed by atoms with Crippen LogP contribution in [0, 0.1) is 5.92 Å². The van der Waals surface area contributed by atoms with Gasteiger partial charge in [0.25, 0.3) is 0 Å². The number of ether oxygens (including phenoxy) is 4. The largest absolute Gasteiger partial charge is 0.455 e. The zero-order valence-electron chi connectivity index (χ0n) is 13.1. The van der Waals surface area contributed by atoms with Gasteiger partial charge in [0.15, 0.2) is 6.29 Å². The second-order valence-electron chi connectivity index (χ2n) is 6.21. The van der Waals surface area contributed by atoms with Crippen molar-refractivity contribution in [3.05, 3.63) is 48.0 Å². The number of Topliss-reactive ketones (excluding diaryl/α,β-unsaturated/α-hetero) is 1. The molecule has 0 aromatic heterocycles. The normalized spacial score (nSPS) is 31.5. The summed E-state index contributed by atoms with van der Waals surface area (Å²) >= 11 is 0. The van der Waals surface area contributed by atoms with Crippen molar-refractivity contribution in [2.45, 2.75) is 31.0 Å². The van der Waals surface area contributed by atoms with E-state index < -0.39 is 35.7 Å². The molecule has 6 heteroatoms. The molecule has 0 N–H and O–H groups in total. The van der Waals surface area contributed by atoms with E-state index in [1.807, 2.05) is 42.5 Å². The number of rotatable bonds is 5. The number of esters is 1. The van der Waals surface area contributed by atoms with Gasteiger partial charge in [0.2, 0.25) is 5.78 Å². The zero-order valence-corrected chi connectivity index (χ0v) is 13.1. The molecule has 3 unspecified atom stereocenters. The fourth-order valence-electron chi connectivity index (χ4n) is 3.44. The van der Waals surface area contributed by atoms with Gasteiger partial charge in [-0.2, -0.15) is 0 Å². The number of hydrogen-bond acceptors (Lipinski definition) is 6. The first-order chi connectivity index (χ1) is 11.7. The summed E-state index contributed by atoms with van der Waals surface area (Å²) in [6, 6.07) is 9.26. The van der Waals surface area contributed by atoms with E-state index in [4.69, 9.17) is 18.9 Å². The lowest BCUT2D eigenvalue weighted by Crippen LogP contribution is -2.40. The molecule has 6 nitrogen and oxygen atoms in total. The van der Waals surface area contributed by atoms with Crippen molar-refractivity contribution in [3.8, 4) is 0 Å². The Morgan fingerprint density at radius 2 is 1.92 bits per heavy atom. The average Bonchev–Trinajstić information content (AvgIpc) is 3.35. The van der Waals surface area contributed by atoms with Gasteiger partial charge >= 0.3 is 5.97 Å². The number of ketones is 1. The van der Waals surface area contributed by atoms with Gasteiger partial charge in [-0.3, -0.25) is 4.79 Å². The minimum Gasteiger partial charge on any atom is -0.455 e. The molecular formula is C18H18O6. The maximum Gasteiger partial charge on any atom is 0.375 e. The van der Waals surface area contributed by atoms with Crippen LogP contribution >= 0.6 is 0 Å². The van der Waals surface area contributed by atoms with Gasteiger partial charge in [-0.1, -0.05) is 36.4 Å². The Labute approximate surface area is 139 Å². The van der Waals surface area contributed by atoms with Crippen molar-refractivity contribution in [1.29, 1.82) is 0 Å². The van der Waals surface area contributed by atoms with Gasteiger partial charge in [0.1, 0.15) is 12.2 Å². The fraction of sp³-hybridized carbons (Fsp3) is 0.444. The Kier molecular flexibility index (Phi) is 3.96. The SMILES string of the molecule is O=C(OCc1ccccc1)C(=O)C1CC2(C3OCCO3)C=CC1O2. The van der Waals surface area contributed by atoms with Gasteiger partial charge < -0.3 is 18.9 Å². The maximum absolute atomic E-state index is 12.4. The summed E-state index contributed by atoms with van der Waals surface area (Å²) in [4.78, 5) is 24.5. The molecule has 3 atom stereocenters. The molecule has 3 aliphatic rings. The highest BCUT2D eigenvalue weighted by molar-refractivity contribution is 6.34. The van der Waals surface area contributed by atoms with Crippen LogP contribution in [0.1, 0.15) is 12.0 Å². The Balaban J connectivity index is 1.38. The molecule has 1 aromatic rings. The summed E-state index contributed by atoms with van der Waals surface area (Å²) in [6.45, 7) is 1.09. The van der Waals surface area contributed by atoms with Crippen molar-refractivity contribution < 1.29 is 28.5 Å². The summed E-state index contributed by atoms with van der Waals surface area (Å²) in [7, 11) is 0. The molecule has 3 heterocycles. The summed E-state index contributed by atoms with van der Waals surface area (Å²) in [5.41, 5.74) is 0.0771. The van der Waals surface area contributed by atoms with Gasteiger partial charge in [0, 0.05) is 0 Å². The van der Waals surface area contributed by atoms with Crippen molar-refractivity contribution in [1.82, 2.24) is 0 Å². The van der Waals surface area contributed by atoms with Gasteiger partial charge in [0.05, 0.1) is 25.2 Å². The molecule has 4 rings (SSSR count). The zero-order chi connectivity index (χ0) is 16.6. The summed E-state index contributed by atoms with van der Waals surface area (Å²) in [5.74, 6) is -1.93. The van der Waals surface area contributed by atoms with Crippen LogP contribution in [0.15, 0.2) is 42.5 Å². The topological polar surface area (TPSA) is 71.1 Å². The van der Waals surface area contributed by atoms with Crippen LogP contribution in [0.4, 0.5) is 0 Å². The van der Waals surface area contributed by atoms with Crippen LogP contribution in [0.5, 0.6) is 0 Å². The summed E-state index contributed by atoms with van der Waals surface area (Å²) in [6.07, 6.45) is 3.12. The molecule has 24 heavy (non-hydrogen) atoms. The van der Waals surface area contributed by atoms with E-state index in [-0.39, 0.29) is 6.61 Å². The molecule has 2 saturated heterocycles. The summed E-state index contributed by atoms with van der Waals surface area (Å²) < 4.78 is 22.1. The lowest BCUT2D eigenvalue weighted by atomic mass is 9.83. The van der Waals surface area contributed by atoms with Crippen LogP contribution in [-0.4, -0.2) is 43.0 Å². The third kappa shape index (κ3) is 2.66. The minimum absolute atomic E-state index is 0.0828. The molecule has 2 bridgehead atoms. The molecular weight excluding hydrogens is 312 g/mol. The van der Waals surface area contributed by atoms with Gasteiger partial charge in [-0.25, -0.2) is 4.79 Å². The molecule has 0 radical (unpaired) electrons. The molecule has 2 fully saturated rings. The number of hydrogen-bond donors (Lipinski definition) is 0. The van der Waals surface area contributed by atoms with Gasteiger partial charge in [-0.05, 0) is 18.1 Å². The van der Waals surface area contributed by atoms with E-state index in [1.165, 1.54) is 0 Å². The lowest BCUT2D eigenvalue weighted by molar-refractivity contribution is -0.164. The third-order valence-electron chi connectivity index (χ3n) is 4.63. The minimum atomic E-state index is -0.822. The second-order valence-corrected chi connectivity index (χ2v) is 6.21. The van der Waals surface area contributed by atoms with Crippen molar-refractivity contribution in [2.24, 2.45) is 5.92 Å². The highest BCUT2D eigenvalue weighted by Gasteiger charge is 2.57. The summed E-state index contributed by atoms with van der Waals surface area (Å²) in [5, 5.41) is 0. The number of carbonyl (C=O) groups is 2. The first-order valence-corrected chi connectivity index (χ1v) is 8.03. The quantitative estimate of drug-likeness (QED) is 0.461. The van der Waals surface area contributed by atoms with Crippen molar-refractivity contribution in [2.75, 3.05) is 13.2 Å². The first-order valence-electron chi connectivity index (χ1n) is 8.03. The van der Waals surface area contributed by atoms with E-state index in [0.29, 0.717) is 19.6 Å². The second kappa shape index (κ2) is 6.12. The van der Waals surface area contributed by atoms with E-state index >= 15 is 0 Å². The highest BCUT2D eigenvalue weighted by atomic mass is 16.7. The maximum atomic E-state index is 12.4. The van der Waals surface area contributed by atoms with E-state index in [0.717, 1.165) is 5.56 Å². The van der Waals surface area contributed by atoms with Gasteiger partial charge in [-0.15, -0.1) is 0 Å². The Morgan fingerprint density at radius 1 is 1.17 bits per heavy atom. The van der Waals surface area contributed by atoms with Crippen LogP contribution in [0.25, 0.3) is 0 Å². The third-order valence-corrected chi connectivity index (χ3v) is 4.63. The molecule has 126 valence electrons. The van der Waals surface area contributed by atoms with E-state index in [1.54, 1.807) is 0 Å². The average molecular weight is 330 g/mol. The van der Waals surface area contributed by atoms with Crippen LogP contribution in [0.3, 0.4) is 0 Å². The lowest BCUT2D eigenvalue weighted by Gasteiger charge is -2.28. The van der Waals surface area contributed by atoms with E-state index in [9.17, 15) is 9.59 Å². The van der Waals surface area contributed by atoms with Crippen LogP contribution in [0.2, 0.25) is 0 Å². The number of carbonyl (C=O) groups excluding carboxylic acids is 2. The first kappa shape index (κ1) is 15.5. The molecule has 0 saturated carbocycles. The standard InChI is InChI=1S/C18H18O6/c19-15(16(20)23-11-12-4-2-1-3-5-12)13-10-18(7-6-14(13)24-18)17-21-8-9-22-17/h1-7,13-14,17H,8-11H2. The smallest absolute Gasteiger partial charge is 0.375 e. The van der Waals surface area contributed by atoms with Crippen molar-refractivity contribution in [3.63, 3.8) is 0 Å². The number of fused-ring (bicyclic) bond motifs is 2. The predicted molar refractivity (Wildman–Crippen MR) is 81.8 cm³/mol. The molecule has 0 amide bonds. The van der Waals surface area contributed by atoms with E-state index in [2.05, 4.69) is 0 Å². The number of benzene rings is 1. The molecule has 1 aromatic carbocycles. The molecule has 0 aliphatic carbocycles. The van der Waals surface area contributed by atoms with Crippen molar-refractivity contribution >= 4 is 11.8 Å². The fourth-order valence-corrected chi connectivity index (χ4v) is 3.44. The van der Waals surface area contributed by atoms with Crippen LogP contribution in [-0.2, 0) is 35.1 Å². The monoisotopic (exact) mass is 330 g/mol. The predicted octanol–water partition coefficient (Wildman–Crippen LogP) is 1.39. The Hall–Kier alpha value is -2.02. The highest BCUT2D eigenvalue weighted by Crippen LogP contribution is 2.46. The Bertz CT molecular complexity index is 663. The molecule has 0 spiro atoms. The molecule has 3 aliphatic heterocycles. The van der Waals surface area contributed by atoms with Crippen LogP contribution < -0.4 is 0 Å².